The molecular formula is C12H24N2O2. The predicted octanol–water partition coefficient (Wildman–Crippen LogP) is 1.01. The molecule has 16 heavy (non-hydrogen) atoms. The van der Waals surface area contributed by atoms with Crippen LogP contribution in [-0.2, 0) is 9.53 Å². The van der Waals surface area contributed by atoms with Crippen LogP contribution >= 0.6 is 0 Å². The number of carbonyl (C=O) groups is 1. The minimum Gasteiger partial charge on any atom is -0.381 e. The van der Waals surface area contributed by atoms with Crippen LogP contribution in [0.25, 0.3) is 0 Å². The maximum Gasteiger partial charge on any atom is 0.223 e. The Kier molecular flexibility index (Phi) is 5.77. The van der Waals surface area contributed by atoms with Gasteiger partial charge in [-0.2, -0.15) is 0 Å². The van der Waals surface area contributed by atoms with Crippen LogP contribution in [0.2, 0.25) is 0 Å². The highest BCUT2D eigenvalue weighted by Gasteiger charge is 2.25. The molecule has 1 aliphatic carbocycles. The second-order valence-electron chi connectivity index (χ2n) is 4.52. The summed E-state index contributed by atoms with van der Waals surface area (Å²) in [4.78, 5) is 13.7. The fourth-order valence-corrected chi connectivity index (χ4v) is 2.28. The lowest BCUT2D eigenvalue weighted by molar-refractivity contribution is -0.133. The smallest absolute Gasteiger partial charge is 0.223 e. The molecule has 0 spiro atoms. The van der Waals surface area contributed by atoms with Gasteiger partial charge in [0.1, 0.15) is 0 Å². The van der Waals surface area contributed by atoms with Crippen LogP contribution < -0.4 is 5.32 Å². The normalized spacial score (nSPS) is 25.4. The molecule has 0 heterocycles. The van der Waals surface area contributed by atoms with Gasteiger partial charge in [0.2, 0.25) is 5.91 Å². The third-order valence-electron chi connectivity index (χ3n) is 3.51. The lowest BCUT2D eigenvalue weighted by Gasteiger charge is -2.34. The molecule has 0 unspecified atom stereocenters. The largest absolute Gasteiger partial charge is 0.381 e. The lowest BCUT2D eigenvalue weighted by atomic mass is 9.92. The molecular weight excluding hydrogens is 204 g/mol. The number of rotatable bonds is 5. The summed E-state index contributed by atoms with van der Waals surface area (Å²) in [5.74, 6) is 0.246. The molecule has 0 radical (unpaired) electrons. The number of methoxy groups -OCH3 is 1. The first-order valence-corrected chi connectivity index (χ1v) is 6.12. The Morgan fingerprint density at radius 3 is 2.50 bits per heavy atom. The molecule has 1 fully saturated rings. The molecule has 0 bridgehead atoms. The van der Waals surface area contributed by atoms with Gasteiger partial charge in [-0.25, -0.2) is 0 Å². The monoisotopic (exact) mass is 228 g/mol. The zero-order valence-corrected chi connectivity index (χ0v) is 10.7. The molecule has 4 nitrogen and oxygen atoms in total. The van der Waals surface area contributed by atoms with Crippen LogP contribution in [0, 0.1) is 0 Å². The van der Waals surface area contributed by atoms with Crippen molar-refractivity contribution >= 4 is 5.91 Å². The van der Waals surface area contributed by atoms with Crippen molar-refractivity contribution in [2.45, 2.75) is 44.2 Å². The number of nitrogens with one attached hydrogen (secondary N) is 1. The van der Waals surface area contributed by atoms with Gasteiger partial charge < -0.3 is 15.0 Å². The van der Waals surface area contributed by atoms with Crippen LogP contribution in [0.5, 0.6) is 0 Å². The number of carbonyl (C=O) groups excluding carboxylic acids is 1. The van der Waals surface area contributed by atoms with E-state index in [1.807, 2.05) is 19.0 Å². The molecule has 0 atom stereocenters. The Morgan fingerprint density at radius 2 is 2.00 bits per heavy atom. The Morgan fingerprint density at radius 1 is 1.38 bits per heavy atom. The fourth-order valence-electron chi connectivity index (χ4n) is 2.28. The van der Waals surface area contributed by atoms with Gasteiger partial charge in [0.15, 0.2) is 0 Å². The summed E-state index contributed by atoms with van der Waals surface area (Å²) in [6.45, 7) is 0.761. The number of ether oxygens (including phenoxy) is 1. The SMILES string of the molecule is CNCCC(=O)N(C)C1CCC(OC)CC1. The maximum absolute atomic E-state index is 11.8. The van der Waals surface area contributed by atoms with Crippen molar-refractivity contribution in [3.05, 3.63) is 0 Å². The highest BCUT2D eigenvalue weighted by Crippen LogP contribution is 2.24. The quantitative estimate of drug-likeness (QED) is 0.763. The van der Waals surface area contributed by atoms with E-state index in [4.69, 9.17) is 4.74 Å². The Bertz CT molecular complexity index is 213. The van der Waals surface area contributed by atoms with Gasteiger partial charge in [-0.15, -0.1) is 0 Å². The lowest BCUT2D eigenvalue weighted by Crippen LogP contribution is -2.41. The van der Waals surface area contributed by atoms with Gasteiger partial charge in [0.05, 0.1) is 6.10 Å². The van der Waals surface area contributed by atoms with Gasteiger partial charge in [-0.1, -0.05) is 0 Å². The summed E-state index contributed by atoms with van der Waals surface area (Å²) in [5.41, 5.74) is 0. The Hall–Kier alpha value is -0.610. The van der Waals surface area contributed by atoms with E-state index >= 15 is 0 Å². The third-order valence-corrected chi connectivity index (χ3v) is 3.51. The van der Waals surface area contributed by atoms with E-state index in [2.05, 4.69) is 5.32 Å². The standard InChI is InChI=1S/C12H24N2O2/c1-13-9-8-12(15)14(2)10-4-6-11(16-3)7-5-10/h10-11,13H,4-9H2,1-3H3. The Balaban J connectivity index is 2.32. The Labute approximate surface area is 98.3 Å². The molecule has 1 N–H and O–H groups in total. The summed E-state index contributed by atoms with van der Waals surface area (Å²) in [7, 11) is 5.57. The van der Waals surface area contributed by atoms with E-state index in [9.17, 15) is 4.79 Å². The van der Waals surface area contributed by atoms with Crippen LogP contribution in [0.15, 0.2) is 0 Å². The summed E-state index contributed by atoms with van der Waals surface area (Å²) >= 11 is 0. The summed E-state index contributed by atoms with van der Waals surface area (Å²) in [6.07, 6.45) is 5.28. The maximum atomic E-state index is 11.8. The summed E-state index contributed by atoms with van der Waals surface area (Å²) in [6, 6.07) is 0.413. The van der Waals surface area contributed by atoms with Gasteiger partial charge >= 0.3 is 0 Å². The van der Waals surface area contributed by atoms with Crippen molar-refractivity contribution < 1.29 is 9.53 Å². The van der Waals surface area contributed by atoms with Crippen molar-refractivity contribution in [3.8, 4) is 0 Å². The molecule has 0 aliphatic heterocycles. The molecule has 0 saturated heterocycles. The second-order valence-corrected chi connectivity index (χ2v) is 4.52. The first kappa shape index (κ1) is 13.5. The van der Waals surface area contributed by atoms with E-state index in [1.165, 1.54) is 0 Å². The van der Waals surface area contributed by atoms with E-state index in [-0.39, 0.29) is 5.91 Å². The number of nitrogens with zero attached hydrogens (tertiary/aromatic N) is 1. The first-order valence-electron chi connectivity index (χ1n) is 6.12. The van der Waals surface area contributed by atoms with Crippen LogP contribution in [0.4, 0.5) is 0 Å². The van der Waals surface area contributed by atoms with Gasteiger partial charge in [0.25, 0.3) is 0 Å². The zero-order valence-electron chi connectivity index (χ0n) is 10.7. The highest BCUT2D eigenvalue weighted by molar-refractivity contribution is 5.76. The van der Waals surface area contributed by atoms with Crippen molar-refractivity contribution in [2.24, 2.45) is 0 Å². The molecule has 94 valence electrons. The molecule has 0 aromatic carbocycles. The van der Waals surface area contributed by atoms with E-state index in [0.29, 0.717) is 18.6 Å². The molecule has 4 heteroatoms. The van der Waals surface area contributed by atoms with Gasteiger partial charge in [-0.05, 0) is 32.7 Å². The minimum absolute atomic E-state index is 0.246. The number of hydrogen-bond donors (Lipinski definition) is 1. The van der Waals surface area contributed by atoms with Gasteiger partial charge in [0, 0.05) is 33.2 Å². The van der Waals surface area contributed by atoms with Crippen molar-refractivity contribution in [2.75, 3.05) is 27.7 Å². The fraction of sp³-hybridized carbons (Fsp3) is 0.917. The molecule has 1 saturated carbocycles. The van der Waals surface area contributed by atoms with Crippen LogP contribution in [0.1, 0.15) is 32.1 Å². The van der Waals surface area contributed by atoms with Crippen molar-refractivity contribution in [1.82, 2.24) is 10.2 Å². The number of hydrogen-bond acceptors (Lipinski definition) is 3. The highest BCUT2D eigenvalue weighted by atomic mass is 16.5. The van der Waals surface area contributed by atoms with Crippen molar-refractivity contribution in [1.29, 1.82) is 0 Å². The average Bonchev–Trinajstić information content (AvgIpc) is 2.35. The summed E-state index contributed by atoms with van der Waals surface area (Å²) < 4.78 is 5.33. The van der Waals surface area contributed by atoms with Crippen molar-refractivity contribution in [3.63, 3.8) is 0 Å². The summed E-state index contributed by atoms with van der Waals surface area (Å²) in [5, 5.41) is 3.01. The third kappa shape index (κ3) is 3.76. The van der Waals surface area contributed by atoms with Crippen LogP contribution in [0.3, 0.4) is 0 Å². The predicted molar refractivity (Wildman–Crippen MR) is 64.4 cm³/mol. The topological polar surface area (TPSA) is 41.6 Å². The molecule has 0 aromatic heterocycles. The van der Waals surface area contributed by atoms with E-state index in [1.54, 1.807) is 7.11 Å². The van der Waals surface area contributed by atoms with Crippen LogP contribution in [-0.4, -0.2) is 50.7 Å². The number of amides is 1. The molecule has 0 aromatic rings. The van der Waals surface area contributed by atoms with E-state index in [0.717, 1.165) is 32.2 Å². The second kappa shape index (κ2) is 6.86. The van der Waals surface area contributed by atoms with E-state index < -0.39 is 0 Å². The van der Waals surface area contributed by atoms with Gasteiger partial charge in [-0.3, -0.25) is 4.79 Å². The molecule has 1 rings (SSSR count). The average molecular weight is 228 g/mol. The molecule has 1 aliphatic rings. The molecule has 1 amide bonds. The first-order chi connectivity index (χ1) is 7.69. The minimum atomic E-state index is 0.246. The zero-order chi connectivity index (χ0) is 12.0.